The van der Waals surface area contributed by atoms with Crippen LogP contribution in [-0.4, -0.2) is 30.7 Å². The minimum Gasteiger partial charge on any atom is -0.481 e. The smallest absolute Gasteiger partial charge is 0.306 e. The summed E-state index contributed by atoms with van der Waals surface area (Å²) in [6, 6.07) is 8.02. The standard InChI is InChI=1S/C16H21NO4/c1-21-15(20)10-16(8-4-7-14(18)19)9-12-5-2-3-6-13(12)17-11-16/h2-3,5-6,17H,4,7-11H2,1H3,(H,18,19)/t16-/m1/s1. The zero-order valence-electron chi connectivity index (χ0n) is 12.2. The Bertz CT molecular complexity index is 529. The first kappa shape index (κ1) is 15.4. The van der Waals surface area contributed by atoms with E-state index in [0.717, 1.165) is 12.1 Å². The van der Waals surface area contributed by atoms with Crippen LogP contribution in [0.15, 0.2) is 24.3 Å². The van der Waals surface area contributed by atoms with Gasteiger partial charge in [-0.3, -0.25) is 9.59 Å². The van der Waals surface area contributed by atoms with Gasteiger partial charge in [0.15, 0.2) is 0 Å². The average molecular weight is 291 g/mol. The van der Waals surface area contributed by atoms with Crippen molar-refractivity contribution in [2.45, 2.75) is 32.1 Å². The first-order valence-electron chi connectivity index (χ1n) is 7.15. The SMILES string of the molecule is COC(=O)C[C@]1(CCCC(=O)O)CNc2ccccc2C1. The summed E-state index contributed by atoms with van der Waals surface area (Å²) in [4.78, 5) is 22.4. The van der Waals surface area contributed by atoms with E-state index in [1.165, 1.54) is 12.7 Å². The molecule has 1 aliphatic heterocycles. The topological polar surface area (TPSA) is 75.6 Å². The summed E-state index contributed by atoms with van der Waals surface area (Å²) >= 11 is 0. The Hall–Kier alpha value is -2.04. The van der Waals surface area contributed by atoms with Crippen LogP contribution in [0.5, 0.6) is 0 Å². The summed E-state index contributed by atoms with van der Waals surface area (Å²) in [6.45, 7) is 0.665. The number of hydrogen-bond donors (Lipinski definition) is 2. The molecule has 0 amide bonds. The predicted molar refractivity (Wildman–Crippen MR) is 79.2 cm³/mol. The predicted octanol–water partition coefficient (Wildman–Crippen LogP) is 2.46. The van der Waals surface area contributed by atoms with E-state index in [-0.39, 0.29) is 17.8 Å². The fourth-order valence-corrected chi connectivity index (χ4v) is 2.98. The Morgan fingerprint density at radius 3 is 2.86 bits per heavy atom. The number of carboxylic acids is 1. The lowest BCUT2D eigenvalue weighted by atomic mass is 9.72. The number of aliphatic carboxylic acids is 1. The van der Waals surface area contributed by atoms with Gasteiger partial charge in [0.1, 0.15) is 0 Å². The molecule has 0 saturated heterocycles. The number of para-hydroxylation sites is 1. The molecule has 0 fully saturated rings. The molecule has 0 unspecified atom stereocenters. The van der Waals surface area contributed by atoms with Gasteiger partial charge in [0.25, 0.3) is 0 Å². The van der Waals surface area contributed by atoms with Gasteiger partial charge in [0, 0.05) is 24.1 Å². The van der Waals surface area contributed by atoms with E-state index < -0.39 is 5.97 Å². The second kappa shape index (κ2) is 6.61. The second-order valence-electron chi connectivity index (χ2n) is 5.69. The number of carbonyl (C=O) groups excluding carboxylic acids is 1. The normalized spacial score (nSPS) is 20.2. The third kappa shape index (κ3) is 3.97. The molecule has 0 aromatic heterocycles. The summed E-state index contributed by atoms with van der Waals surface area (Å²) in [6.07, 6.45) is 2.46. The van der Waals surface area contributed by atoms with Crippen LogP contribution >= 0.6 is 0 Å². The lowest BCUT2D eigenvalue weighted by molar-refractivity contribution is -0.143. The fraction of sp³-hybridized carbons (Fsp3) is 0.500. The zero-order valence-corrected chi connectivity index (χ0v) is 12.2. The number of esters is 1. The number of carbonyl (C=O) groups is 2. The van der Waals surface area contributed by atoms with E-state index in [0.29, 0.717) is 25.8 Å². The first-order valence-corrected chi connectivity index (χ1v) is 7.15. The molecule has 114 valence electrons. The van der Waals surface area contributed by atoms with E-state index >= 15 is 0 Å². The molecule has 5 heteroatoms. The average Bonchev–Trinajstić information content (AvgIpc) is 2.46. The molecule has 0 saturated carbocycles. The second-order valence-corrected chi connectivity index (χ2v) is 5.69. The molecule has 0 bridgehead atoms. The Balaban J connectivity index is 2.13. The van der Waals surface area contributed by atoms with Crippen molar-refractivity contribution in [1.82, 2.24) is 0 Å². The van der Waals surface area contributed by atoms with Crippen LogP contribution < -0.4 is 5.32 Å². The highest BCUT2D eigenvalue weighted by molar-refractivity contribution is 5.71. The highest BCUT2D eigenvalue weighted by Gasteiger charge is 2.36. The molecule has 21 heavy (non-hydrogen) atoms. The van der Waals surface area contributed by atoms with Gasteiger partial charge in [0.05, 0.1) is 13.5 Å². The van der Waals surface area contributed by atoms with Crippen LogP contribution in [-0.2, 0) is 20.7 Å². The van der Waals surface area contributed by atoms with E-state index in [4.69, 9.17) is 9.84 Å². The van der Waals surface area contributed by atoms with Crippen LogP contribution in [0.4, 0.5) is 5.69 Å². The molecular weight excluding hydrogens is 270 g/mol. The van der Waals surface area contributed by atoms with Gasteiger partial charge in [-0.05, 0) is 30.9 Å². The maximum absolute atomic E-state index is 11.7. The molecular formula is C16H21NO4. The largest absolute Gasteiger partial charge is 0.481 e. The molecule has 1 aromatic carbocycles. The maximum atomic E-state index is 11.7. The van der Waals surface area contributed by atoms with Crippen LogP contribution in [0.3, 0.4) is 0 Å². The molecule has 1 atom stereocenters. The minimum absolute atomic E-state index is 0.130. The van der Waals surface area contributed by atoms with Crippen molar-refractivity contribution in [2.24, 2.45) is 5.41 Å². The van der Waals surface area contributed by atoms with E-state index in [1.807, 2.05) is 24.3 Å². The number of hydrogen-bond acceptors (Lipinski definition) is 4. The van der Waals surface area contributed by atoms with Crippen molar-refractivity contribution in [3.8, 4) is 0 Å². The fourth-order valence-electron chi connectivity index (χ4n) is 2.98. The summed E-state index contributed by atoms with van der Waals surface area (Å²) in [5.74, 6) is -1.04. The Kier molecular flexibility index (Phi) is 4.83. The molecule has 0 radical (unpaired) electrons. The highest BCUT2D eigenvalue weighted by atomic mass is 16.5. The van der Waals surface area contributed by atoms with Crippen molar-refractivity contribution in [1.29, 1.82) is 0 Å². The van der Waals surface area contributed by atoms with E-state index in [9.17, 15) is 9.59 Å². The Morgan fingerprint density at radius 2 is 2.14 bits per heavy atom. The monoisotopic (exact) mass is 291 g/mol. The summed E-state index contributed by atoms with van der Waals surface area (Å²) in [5.41, 5.74) is 2.00. The molecule has 1 heterocycles. The summed E-state index contributed by atoms with van der Waals surface area (Å²) < 4.78 is 4.81. The molecule has 0 aliphatic carbocycles. The number of anilines is 1. The van der Waals surface area contributed by atoms with Gasteiger partial charge >= 0.3 is 11.9 Å². The third-order valence-electron chi connectivity index (χ3n) is 4.08. The van der Waals surface area contributed by atoms with Crippen LogP contribution in [0.2, 0.25) is 0 Å². The van der Waals surface area contributed by atoms with Crippen molar-refractivity contribution >= 4 is 17.6 Å². The lowest BCUT2D eigenvalue weighted by Crippen LogP contribution is -2.38. The zero-order chi connectivity index (χ0) is 15.3. The van der Waals surface area contributed by atoms with Gasteiger partial charge in [-0.1, -0.05) is 18.2 Å². The Labute approximate surface area is 124 Å². The summed E-state index contributed by atoms with van der Waals surface area (Å²) in [7, 11) is 1.39. The molecule has 2 N–H and O–H groups in total. The third-order valence-corrected chi connectivity index (χ3v) is 4.08. The summed E-state index contributed by atoms with van der Waals surface area (Å²) in [5, 5.41) is 12.2. The van der Waals surface area contributed by atoms with E-state index in [1.54, 1.807) is 0 Å². The van der Waals surface area contributed by atoms with Gasteiger partial charge in [0.2, 0.25) is 0 Å². The lowest BCUT2D eigenvalue weighted by Gasteiger charge is -2.38. The molecule has 5 nitrogen and oxygen atoms in total. The number of benzene rings is 1. The number of methoxy groups -OCH3 is 1. The number of nitrogens with one attached hydrogen (secondary N) is 1. The van der Waals surface area contributed by atoms with Gasteiger partial charge in [-0.15, -0.1) is 0 Å². The highest BCUT2D eigenvalue weighted by Crippen LogP contribution is 2.39. The van der Waals surface area contributed by atoms with Crippen molar-refractivity contribution in [2.75, 3.05) is 19.0 Å². The molecule has 1 aliphatic rings. The minimum atomic E-state index is -0.799. The van der Waals surface area contributed by atoms with Crippen molar-refractivity contribution in [3.05, 3.63) is 29.8 Å². The number of ether oxygens (including phenoxy) is 1. The van der Waals surface area contributed by atoms with E-state index in [2.05, 4.69) is 5.32 Å². The van der Waals surface area contributed by atoms with Gasteiger partial charge < -0.3 is 15.2 Å². The maximum Gasteiger partial charge on any atom is 0.306 e. The number of rotatable bonds is 6. The molecule has 0 spiro atoms. The number of fused-ring (bicyclic) bond motifs is 1. The van der Waals surface area contributed by atoms with Crippen LogP contribution in [0.25, 0.3) is 0 Å². The molecule has 1 aromatic rings. The number of carboxylic acid groups (broad SMARTS) is 1. The first-order chi connectivity index (χ1) is 10.0. The van der Waals surface area contributed by atoms with Crippen LogP contribution in [0.1, 0.15) is 31.2 Å². The van der Waals surface area contributed by atoms with Crippen molar-refractivity contribution in [3.63, 3.8) is 0 Å². The van der Waals surface area contributed by atoms with Crippen LogP contribution in [0, 0.1) is 5.41 Å². The Morgan fingerprint density at radius 1 is 1.38 bits per heavy atom. The molecule has 2 rings (SSSR count). The van der Waals surface area contributed by atoms with Crippen molar-refractivity contribution < 1.29 is 19.4 Å². The quantitative estimate of drug-likeness (QED) is 0.787. The van der Waals surface area contributed by atoms with Gasteiger partial charge in [-0.2, -0.15) is 0 Å². The van der Waals surface area contributed by atoms with Gasteiger partial charge in [-0.25, -0.2) is 0 Å².